The Morgan fingerprint density at radius 3 is 2.06 bits per heavy atom. The van der Waals surface area contributed by atoms with E-state index in [1.54, 1.807) is 36.4 Å². The molecule has 0 aliphatic heterocycles. The van der Waals surface area contributed by atoms with E-state index in [2.05, 4.69) is 5.32 Å². The predicted molar refractivity (Wildman–Crippen MR) is 123 cm³/mol. The van der Waals surface area contributed by atoms with Gasteiger partial charge in [0.1, 0.15) is 0 Å². The lowest BCUT2D eigenvalue weighted by molar-refractivity contribution is -0.192. The van der Waals surface area contributed by atoms with Crippen molar-refractivity contribution < 1.29 is 37.8 Å². The van der Waals surface area contributed by atoms with E-state index in [1.807, 2.05) is 30.8 Å². The number of rotatable bonds is 8. The van der Waals surface area contributed by atoms with Crippen LogP contribution in [0.2, 0.25) is 5.02 Å². The van der Waals surface area contributed by atoms with E-state index in [9.17, 15) is 27.9 Å². The minimum absolute atomic E-state index is 0.146. The molecule has 3 N–H and O–H groups in total. The number of nitrogens with zero attached hydrogens (tertiary/aromatic N) is 2. The molecule has 0 saturated heterocycles. The Morgan fingerprint density at radius 1 is 1.00 bits per heavy atom. The van der Waals surface area contributed by atoms with Crippen LogP contribution in [0.15, 0.2) is 42.5 Å². The lowest BCUT2D eigenvalue weighted by atomic mass is 10.1. The van der Waals surface area contributed by atoms with E-state index < -0.39 is 18.1 Å². The van der Waals surface area contributed by atoms with Gasteiger partial charge in [-0.2, -0.15) is 13.2 Å². The highest BCUT2D eigenvalue weighted by molar-refractivity contribution is 6.34. The Hall–Kier alpha value is -3.31. The topological polar surface area (TPSA) is 110 Å². The predicted octanol–water partition coefficient (Wildman–Crippen LogP) is 4.31. The zero-order valence-electron chi connectivity index (χ0n) is 18.7. The second kappa shape index (κ2) is 12.8. The van der Waals surface area contributed by atoms with E-state index >= 15 is 0 Å². The number of amides is 1. The minimum Gasteiger partial charge on any atom is -0.478 e. The first-order chi connectivity index (χ1) is 15.8. The van der Waals surface area contributed by atoms with Crippen LogP contribution in [0.1, 0.15) is 27.6 Å². The van der Waals surface area contributed by atoms with Gasteiger partial charge < -0.3 is 25.3 Å². The highest BCUT2D eigenvalue weighted by Gasteiger charge is 2.38. The maximum atomic E-state index is 12.4. The van der Waals surface area contributed by atoms with Crippen LogP contribution in [0.25, 0.3) is 0 Å². The summed E-state index contributed by atoms with van der Waals surface area (Å²) in [5.41, 5.74) is 1.51. The van der Waals surface area contributed by atoms with Crippen LogP contribution < -0.4 is 10.2 Å². The first-order valence-electron chi connectivity index (χ1n) is 9.90. The second-order valence-corrected chi connectivity index (χ2v) is 7.56. The number of aromatic carboxylic acids is 1. The van der Waals surface area contributed by atoms with Crippen LogP contribution in [0.4, 0.5) is 24.5 Å². The zero-order chi connectivity index (χ0) is 26.1. The van der Waals surface area contributed by atoms with Gasteiger partial charge in [-0.05, 0) is 51.4 Å². The van der Waals surface area contributed by atoms with Crippen molar-refractivity contribution >= 4 is 40.8 Å². The highest BCUT2D eigenvalue weighted by Crippen LogP contribution is 2.25. The molecule has 0 aliphatic carbocycles. The van der Waals surface area contributed by atoms with Gasteiger partial charge in [0.2, 0.25) is 0 Å². The van der Waals surface area contributed by atoms with Gasteiger partial charge in [-0.3, -0.25) is 4.79 Å². The van der Waals surface area contributed by atoms with Crippen molar-refractivity contribution in [3.05, 3.63) is 58.6 Å². The molecule has 0 aliphatic rings. The van der Waals surface area contributed by atoms with Gasteiger partial charge in [-0.1, -0.05) is 23.7 Å². The molecule has 0 atom stereocenters. The fraction of sp³-hybridized carbons (Fsp3) is 0.318. The van der Waals surface area contributed by atoms with E-state index in [0.29, 0.717) is 35.1 Å². The number of likely N-dealkylation sites (N-methyl/N-ethyl adjacent to an activating group) is 2. The van der Waals surface area contributed by atoms with E-state index in [4.69, 9.17) is 21.5 Å². The molecule has 0 heterocycles. The SMILES string of the molecule is CCN(CCN(C)C)c1ccc(NC(=O)c2ccccc2Cl)cc1C(=O)O.O=C(O)C(F)(F)F. The third kappa shape index (κ3) is 8.91. The first kappa shape index (κ1) is 28.7. The summed E-state index contributed by atoms with van der Waals surface area (Å²) in [6.45, 7) is 4.17. The Labute approximate surface area is 199 Å². The van der Waals surface area contributed by atoms with Crippen molar-refractivity contribution in [1.82, 2.24) is 4.90 Å². The molecule has 0 unspecified atom stereocenters. The molecule has 2 rings (SSSR count). The number of halogens is 4. The van der Waals surface area contributed by atoms with E-state index in [1.165, 1.54) is 6.07 Å². The smallest absolute Gasteiger partial charge is 0.478 e. The number of hydrogen-bond donors (Lipinski definition) is 3. The number of carbonyl (C=O) groups excluding carboxylic acids is 1. The van der Waals surface area contributed by atoms with Crippen molar-refractivity contribution in [2.45, 2.75) is 13.1 Å². The molecule has 2 aromatic rings. The fourth-order valence-electron chi connectivity index (χ4n) is 2.67. The molecule has 0 saturated carbocycles. The van der Waals surface area contributed by atoms with Crippen molar-refractivity contribution in [3.8, 4) is 0 Å². The van der Waals surface area contributed by atoms with Gasteiger partial charge in [0.15, 0.2) is 0 Å². The van der Waals surface area contributed by atoms with Crippen LogP contribution in [-0.2, 0) is 4.79 Å². The summed E-state index contributed by atoms with van der Waals surface area (Å²) in [6.07, 6.45) is -5.08. The number of hydrogen-bond acceptors (Lipinski definition) is 5. The van der Waals surface area contributed by atoms with Crippen molar-refractivity contribution in [3.63, 3.8) is 0 Å². The number of benzene rings is 2. The van der Waals surface area contributed by atoms with Crippen LogP contribution >= 0.6 is 11.6 Å². The molecule has 0 spiro atoms. The van der Waals surface area contributed by atoms with Gasteiger partial charge in [0.05, 0.1) is 21.8 Å². The zero-order valence-corrected chi connectivity index (χ0v) is 19.4. The summed E-state index contributed by atoms with van der Waals surface area (Å²) in [5, 5.41) is 19.8. The lowest BCUT2D eigenvalue weighted by Gasteiger charge is -2.26. The maximum Gasteiger partial charge on any atom is 0.490 e. The third-order valence-corrected chi connectivity index (χ3v) is 4.71. The van der Waals surface area contributed by atoms with E-state index in [-0.39, 0.29) is 11.5 Å². The van der Waals surface area contributed by atoms with Crippen LogP contribution in [0, 0.1) is 0 Å². The van der Waals surface area contributed by atoms with Gasteiger partial charge in [-0.25, -0.2) is 9.59 Å². The number of carboxylic acids is 2. The molecule has 34 heavy (non-hydrogen) atoms. The molecule has 1 amide bonds. The van der Waals surface area contributed by atoms with Gasteiger partial charge in [0.25, 0.3) is 5.91 Å². The Bertz CT molecular complexity index is 1020. The Balaban J connectivity index is 0.000000718. The van der Waals surface area contributed by atoms with Crippen LogP contribution in [0.5, 0.6) is 0 Å². The summed E-state index contributed by atoms with van der Waals surface area (Å²) in [6, 6.07) is 11.6. The quantitative estimate of drug-likeness (QED) is 0.492. The molecule has 186 valence electrons. The van der Waals surface area contributed by atoms with Crippen LogP contribution in [0.3, 0.4) is 0 Å². The second-order valence-electron chi connectivity index (χ2n) is 7.16. The monoisotopic (exact) mass is 503 g/mol. The average molecular weight is 504 g/mol. The van der Waals surface area contributed by atoms with Gasteiger partial charge >= 0.3 is 18.1 Å². The largest absolute Gasteiger partial charge is 0.490 e. The lowest BCUT2D eigenvalue weighted by Crippen LogP contribution is -2.32. The summed E-state index contributed by atoms with van der Waals surface area (Å²) in [7, 11) is 3.94. The standard InChI is InChI=1S/C20H24ClN3O3.C2HF3O2/c1-4-24(12-11-23(2)3)18-10-9-14(13-16(18)20(26)27)22-19(25)15-7-5-6-8-17(15)21;3-2(4,5)1(6)7/h5-10,13H,4,11-12H2,1-3H3,(H,22,25)(H,26,27);(H,6,7). The first-order valence-corrected chi connectivity index (χ1v) is 10.3. The highest BCUT2D eigenvalue weighted by atomic mass is 35.5. The molecule has 12 heteroatoms. The number of carbonyl (C=O) groups is 3. The minimum atomic E-state index is -5.08. The molecule has 0 aromatic heterocycles. The van der Waals surface area contributed by atoms with E-state index in [0.717, 1.165) is 6.54 Å². The van der Waals surface area contributed by atoms with Gasteiger partial charge in [0, 0.05) is 25.3 Å². The molecule has 0 radical (unpaired) electrons. The number of aliphatic carboxylic acids is 1. The molecular formula is C22H25ClF3N3O5. The third-order valence-electron chi connectivity index (χ3n) is 4.39. The van der Waals surface area contributed by atoms with Crippen LogP contribution in [-0.4, -0.2) is 72.9 Å². The molecular weight excluding hydrogens is 479 g/mol. The fourth-order valence-corrected chi connectivity index (χ4v) is 2.90. The molecule has 0 fully saturated rings. The maximum absolute atomic E-state index is 12.4. The van der Waals surface area contributed by atoms with Crippen molar-refractivity contribution in [2.75, 3.05) is 43.9 Å². The number of nitrogens with one attached hydrogen (secondary N) is 1. The van der Waals surface area contributed by atoms with Crippen molar-refractivity contribution in [2.24, 2.45) is 0 Å². The molecule has 2 aromatic carbocycles. The summed E-state index contributed by atoms with van der Waals surface area (Å²) >= 11 is 6.05. The Morgan fingerprint density at radius 2 is 1.59 bits per heavy atom. The number of alkyl halides is 3. The number of carboxylic acid groups (broad SMARTS) is 2. The molecule has 0 bridgehead atoms. The summed E-state index contributed by atoms with van der Waals surface area (Å²) < 4.78 is 31.7. The van der Waals surface area contributed by atoms with Gasteiger partial charge in [-0.15, -0.1) is 0 Å². The summed E-state index contributed by atoms with van der Waals surface area (Å²) in [4.78, 5) is 37.1. The average Bonchev–Trinajstić information content (AvgIpc) is 2.74. The van der Waals surface area contributed by atoms with Crippen molar-refractivity contribution in [1.29, 1.82) is 0 Å². The summed E-state index contributed by atoms with van der Waals surface area (Å²) in [5.74, 6) is -4.18. The Kier molecular flexibility index (Phi) is 10.8. The number of anilines is 2. The molecule has 8 nitrogen and oxygen atoms in total. The normalized spacial score (nSPS) is 10.8.